The standard InChI is InChI=1S/C43H57N7O10S/c1-26(2)59-36-23-35(30-14-15-34(58-6)27(3)37(30)45-36)60-29-22-33-39(52)46-43(41(54)48-61(55,56)42(4)17-18-42)24-28(43)12-10-8-7-9-11-13-32(40(53)50(33)25-29)44-38(51)31-16-19-49(47-31)20-21-57-5/h10,12,14-16,19,23,26,28-29,32-33H,7-9,11,13,17-18,20-22,24-25H2,1-6H3,(H,44,51)(H,46,52)(H,48,54)/b12-10-/t28?,29-,32+,33+,43-/m1/s1. The Kier molecular flexibility index (Phi) is 12.7. The number of aromatic nitrogens is 3. The van der Waals surface area contributed by atoms with Crippen LogP contribution in [-0.4, -0.2) is 114 Å². The first-order chi connectivity index (χ1) is 29.1. The van der Waals surface area contributed by atoms with E-state index < -0.39 is 68.0 Å². The predicted molar refractivity (Wildman–Crippen MR) is 225 cm³/mol. The molecule has 2 saturated carbocycles. The molecule has 0 spiro atoms. The number of nitrogens with zero attached hydrogens (tertiary/aromatic N) is 4. The zero-order chi connectivity index (χ0) is 43.7. The van der Waals surface area contributed by atoms with E-state index in [1.165, 1.54) is 4.90 Å². The van der Waals surface area contributed by atoms with E-state index in [1.54, 1.807) is 44.2 Å². The maximum Gasteiger partial charge on any atom is 0.272 e. The van der Waals surface area contributed by atoms with Crippen LogP contribution < -0.4 is 29.6 Å². The van der Waals surface area contributed by atoms with E-state index in [9.17, 15) is 27.6 Å². The number of fused-ring (bicyclic) bond motifs is 3. The second kappa shape index (κ2) is 17.6. The van der Waals surface area contributed by atoms with Gasteiger partial charge in [-0.3, -0.25) is 28.6 Å². The van der Waals surface area contributed by atoms with Crippen LogP contribution in [0.15, 0.2) is 42.6 Å². The SMILES string of the molecule is COCCn1ccc(C(=O)N[C@H]2CCCCC/C=C\C3C[C@@]3(C(=O)NS(=O)(=O)C3(C)CC3)NC(=O)[C@@H]3C[C@@H](Oc4cc(OC(C)C)nc5c(C)c(OC)ccc45)CN3C2=O)n1. The summed E-state index contributed by atoms with van der Waals surface area (Å²) in [7, 11) is -0.869. The molecule has 1 saturated heterocycles. The van der Waals surface area contributed by atoms with Crippen LogP contribution in [0, 0.1) is 12.8 Å². The summed E-state index contributed by atoms with van der Waals surface area (Å²) in [5.41, 5.74) is -0.0577. The van der Waals surface area contributed by atoms with Crippen molar-refractivity contribution in [2.45, 2.75) is 127 Å². The molecular weight excluding hydrogens is 807 g/mol. The van der Waals surface area contributed by atoms with Gasteiger partial charge in [-0.1, -0.05) is 25.0 Å². The first-order valence-electron chi connectivity index (χ1n) is 21.1. The molecule has 1 unspecified atom stereocenters. The topological polar surface area (TPSA) is 209 Å². The zero-order valence-corrected chi connectivity index (χ0v) is 36.5. The first-order valence-corrected chi connectivity index (χ1v) is 22.6. The van der Waals surface area contributed by atoms with Gasteiger partial charge in [0.1, 0.15) is 40.9 Å². The lowest BCUT2D eigenvalue weighted by atomic mass is 10.0. The van der Waals surface area contributed by atoms with Crippen molar-refractivity contribution >= 4 is 44.6 Å². The summed E-state index contributed by atoms with van der Waals surface area (Å²) in [4.78, 5) is 63.3. The summed E-state index contributed by atoms with van der Waals surface area (Å²) in [5.74, 6) is -1.58. The molecule has 2 aliphatic carbocycles. The van der Waals surface area contributed by atoms with Crippen LogP contribution in [-0.2, 0) is 35.7 Å². The number of nitrogens with one attached hydrogen (secondary N) is 3. The second-order valence-corrected chi connectivity index (χ2v) is 19.3. The molecule has 0 radical (unpaired) electrons. The highest BCUT2D eigenvalue weighted by atomic mass is 32.2. The predicted octanol–water partition coefficient (Wildman–Crippen LogP) is 3.72. The Balaban J connectivity index is 1.22. The van der Waals surface area contributed by atoms with Gasteiger partial charge < -0.3 is 34.5 Å². The molecule has 1 aromatic carbocycles. The van der Waals surface area contributed by atoms with Crippen LogP contribution in [0.1, 0.15) is 94.6 Å². The number of hydrogen-bond donors (Lipinski definition) is 3. The molecule has 17 nitrogen and oxygen atoms in total. The van der Waals surface area contributed by atoms with Crippen LogP contribution in [0.25, 0.3) is 10.9 Å². The number of pyridine rings is 1. The number of benzene rings is 1. The van der Waals surface area contributed by atoms with Crippen LogP contribution >= 0.6 is 0 Å². The lowest BCUT2D eigenvalue weighted by Crippen LogP contribution is -2.58. The molecule has 4 heterocycles. The third-order valence-corrected chi connectivity index (χ3v) is 14.3. The molecule has 4 amide bonds. The number of allylic oxidation sites excluding steroid dienone is 1. The van der Waals surface area contributed by atoms with Crippen LogP contribution in [0.2, 0.25) is 0 Å². The molecule has 0 bridgehead atoms. The molecule has 2 aromatic heterocycles. The summed E-state index contributed by atoms with van der Waals surface area (Å²) in [6.07, 6.45) is 8.71. The van der Waals surface area contributed by atoms with Crippen LogP contribution in [0.4, 0.5) is 0 Å². The molecular formula is C43H57N7O10S. The van der Waals surface area contributed by atoms with Crippen molar-refractivity contribution in [3.63, 3.8) is 0 Å². The third-order valence-electron chi connectivity index (χ3n) is 12.2. The van der Waals surface area contributed by atoms with Gasteiger partial charge in [-0.15, -0.1) is 0 Å². The summed E-state index contributed by atoms with van der Waals surface area (Å²) >= 11 is 0. The van der Waals surface area contributed by atoms with Gasteiger partial charge in [-0.2, -0.15) is 5.10 Å². The van der Waals surface area contributed by atoms with E-state index >= 15 is 0 Å². The van der Waals surface area contributed by atoms with E-state index in [2.05, 4.69) is 20.5 Å². The van der Waals surface area contributed by atoms with Crippen molar-refractivity contribution < 1.29 is 46.5 Å². The largest absolute Gasteiger partial charge is 0.496 e. The van der Waals surface area contributed by atoms with Gasteiger partial charge in [-0.05, 0) is 84.4 Å². The summed E-state index contributed by atoms with van der Waals surface area (Å²) in [6, 6.07) is 4.72. The van der Waals surface area contributed by atoms with Crippen LogP contribution in [0.3, 0.4) is 0 Å². The minimum absolute atomic E-state index is 0.0239. The number of sulfonamides is 1. The zero-order valence-electron chi connectivity index (χ0n) is 35.7. The van der Waals surface area contributed by atoms with Gasteiger partial charge in [0, 0.05) is 42.7 Å². The smallest absolute Gasteiger partial charge is 0.272 e. The maximum absolute atomic E-state index is 14.9. The number of amides is 4. The molecule has 5 atom stereocenters. The van der Waals surface area contributed by atoms with Gasteiger partial charge in [-0.25, -0.2) is 13.4 Å². The highest BCUT2D eigenvalue weighted by molar-refractivity contribution is 7.91. The van der Waals surface area contributed by atoms with Crippen molar-refractivity contribution in [3.05, 3.63) is 53.9 Å². The molecule has 3 aromatic rings. The summed E-state index contributed by atoms with van der Waals surface area (Å²) < 4.78 is 52.8. The summed E-state index contributed by atoms with van der Waals surface area (Å²) in [5, 5.41) is 10.9. The Morgan fingerprint density at radius 3 is 2.59 bits per heavy atom. The number of aryl methyl sites for hydroxylation is 1. The molecule has 4 aliphatic rings. The quantitative estimate of drug-likeness (QED) is 0.210. The Bertz CT molecular complexity index is 2310. The van der Waals surface area contributed by atoms with E-state index in [-0.39, 0.29) is 31.2 Å². The van der Waals surface area contributed by atoms with Gasteiger partial charge >= 0.3 is 0 Å². The number of methoxy groups -OCH3 is 2. The third kappa shape index (κ3) is 9.34. The van der Waals surface area contributed by atoms with Gasteiger partial charge in [0.15, 0.2) is 0 Å². The minimum atomic E-state index is -4.02. The summed E-state index contributed by atoms with van der Waals surface area (Å²) in [6.45, 7) is 8.03. The molecule has 330 valence electrons. The van der Waals surface area contributed by atoms with E-state index in [4.69, 9.17) is 23.9 Å². The Morgan fingerprint density at radius 2 is 1.87 bits per heavy atom. The van der Waals surface area contributed by atoms with E-state index in [0.717, 1.165) is 18.4 Å². The molecule has 7 rings (SSSR count). The normalized spacial score (nSPS) is 25.7. The number of carbonyl (C=O) groups excluding carboxylic acids is 4. The number of rotatable bonds is 13. The molecule has 18 heteroatoms. The number of ether oxygens (including phenoxy) is 4. The molecule has 3 fully saturated rings. The monoisotopic (exact) mass is 863 g/mol. The van der Waals surface area contributed by atoms with Gasteiger partial charge in [0.2, 0.25) is 27.7 Å². The lowest BCUT2D eigenvalue weighted by Gasteiger charge is -2.30. The van der Waals surface area contributed by atoms with Crippen molar-refractivity contribution in [2.24, 2.45) is 5.92 Å². The molecule has 3 N–H and O–H groups in total. The fourth-order valence-corrected chi connectivity index (χ4v) is 9.44. The van der Waals surface area contributed by atoms with Crippen LogP contribution in [0.5, 0.6) is 17.4 Å². The first kappa shape index (κ1) is 43.8. The van der Waals surface area contributed by atoms with Crippen molar-refractivity contribution in [1.29, 1.82) is 0 Å². The Labute approximate surface area is 356 Å². The number of carbonyl (C=O) groups is 4. The van der Waals surface area contributed by atoms with E-state index in [1.807, 2.05) is 45.1 Å². The Morgan fingerprint density at radius 1 is 1.08 bits per heavy atom. The van der Waals surface area contributed by atoms with Crippen molar-refractivity contribution in [1.82, 2.24) is 35.0 Å². The minimum Gasteiger partial charge on any atom is -0.496 e. The maximum atomic E-state index is 14.9. The highest BCUT2D eigenvalue weighted by Crippen LogP contribution is 2.47. The van der Waals surface area contributed by atoms with E-state index in [0.29, 0.717) is 73.5 Å². The average Bonchev–Trinajstić information content (AvgIpc) is 4.00. The molecule has 2 aliphatic heterocycles. The fraction of sp³-hybridized carbons (Fsp3) is 0.581. The Hall–Kier alpha value is -5.23. The highest BCUT2D eigenvalue weighted by Gasteiger charge is 2.63. The molecule has 61 heavy (non-hydrogen) atoms. The van der Waals surface area contributed by atoms with Crippen molar-refractivity contribution in [2.75, 3.05) is 27.4 Å². The average molecular weight is 864 g/mol. The van der Waals surface area contributed by atoms with Gasteiger partial charge in [0.25, 0.3) is 11.8 Å². The van der Waals surface area contributed by atoms with Crippen molar-refractivity contribution in [3.8, 4) is 17.4 Å². The van der Waals surface area contributed by atoms with Gasteiger partial charge in [0.05, 0.1) is 43.2 Å². The second-order valence-electron chi connectivity index (χ2n) is 17.1. The lowest BCUT2D eigenvalue weighted by molar-refractivity contribution is -0.141. The fourth-order valence-electron chi connectivity index (χ4n) is 8.13. The number of hydrogen-bond acceptors (Lipinski definition) is 12.